The molecule has 1 aromatic carbocycles. The van der Waals surface area contributed by atoms with Crippen LogP contribution in [0.25, 0.3) is 0 Å². The van der Waals surface area contributed by atoms with Gasteiger partial charge in [-0.1, -0.05) is 13.0 Å². The molecule has 0 fully saturated rings. The predicted octanol–water partition coefficient (Wildman–Crippen LogP) is 3.38. The van der Waals surface area contributed by atoms with Crippen molar-refractivity contribution < 1.29 is 19.3 Å². The van der Waals surface area contributed by atoms with Crippen molar-refractivity contribution in [3.8, 4) is 17.2 Å². The van der Waals surface area contributed by atoms with Crippen LogP contribution in [0, 0.1) is 0 Å². The van der Waals surface area contributed by atoms with Crippen molar-refractivity contribution in [3.63, 3.8) is 0 Å². The van der Waals surface area contributed by atoms with Crippen molar-refractivity contribution in [2.75, 3.05) is 26.3 Å². The van der Waals surface area contributed by atoms with Gasteiger partial charge in [0, 0.05) is 24.8 Å². The van der Waals surface area contributed by atoms with Crippen molar-refractivity contribution in [2.24, 2.45) is 11.6 Å². The van der Waals surface area contributed by atoms with E-state index < -0.39 is 0 Å². The Morgan fingerprint density at radius 1 is 1.19 bits per heavy atom. The second-order valence-electron chi connectivity index (χ2n) is 5.37. The van der Waals surface area contributed by atoms with Gasteiger partial charge in [0.25, 0.3) is 0 Å². The van der Waals surface area contributed by atoms with Gasteiger partial charge in [-0.05, 0) is 25.0 Å². The van der Waals surface area contributed by atoms with Gasteiger partial charge < -0.3 is 25.1 Å². The van der Waals surface area contributed by atoms with Crippen LogP contribution in [0.1, 0.15) is 26.7 Å². The van der Waals surface area contributed by atoms with Gasteiger partial charge in [0.05, 0.1) is 32.8 Å². The van der Waals surface area contributed by atoms with Crippen LogP contribution in [0.2, 0.25) is 0 Å². The molecule has 0 aliphatic carbocycles. The standard InChI is InChI=1S/C19H29N3O4/c1-6-13(8-9-14(23)7-2)17(12-20)22(21)16-10-15(24-3)11-18(25-4)19(16)26-5/h7-8,10-12,23H,6,9,20-21H2,1-5H3/b13-8+,14-7+,17-12-. The highest BCUT2D eigenvalue weighted by atomic mass is 16.5. The first kappa shape index (κ1) is 21.2. The first-order chi connectivity index (χ1) is 12.5. The molecule has 144 valence electrons. The number of anilines is 1. The second kappa shape index (κ2) is 10.2. The molecule has 0 spiro atoms. The molecule has 0 aliphatic rings. The first-order valence-corrected chi connectivity index (χ1v) is 8.27. The van der Waals surface area contributed by atoms with Gasteiger partial charge in [-0.25, -0.2) is 5.84 Å². The third kappa shape index (κ3) is 4.86. The first-order valence-electron chi connectivity index (χ1n) is 8.27. The topological polar surface area (TPSA) is 103 Å². The zero-order chi connectivity index (χ0) is 19.7. The maximum Gasteiger partial charge on any atom is 0.186 e. The van der Waals surface area contributed by atoms with E-state index in [1.807, 2.05) is 13.0 Å². The Morgan fingerprint density at radius 3 is 2.35 bits per heavy atom. The highest BCUT2D eigenvalue weighted by Crippen LogP contribution is 2.42. The molecule has 7 nitrogen and oxygen atoms in total. The minimum Gasteiger partial charge on any atom is -0.512 e. The number of methoxy groups -OCH3 is 3. The van der Waals surface area contributed by atoms with Crippen molar-refractivity contribution in [3.05, 3.63) is 47.5 Å². The van der Waals surface area contributed by atoms with E-state index >= 15 is 0 Å². The van der Waals surface area contributed by atoms with Crippen LogP contribution in [-0.4, -0.2) is 26.4 Å². The molecule has 0 aliphatic heterocycles. The molecular formula is C19H29N3O4. The lowest BCUT2D eigenvalue weighted by Gasteiger charge is -2.26. The third-order valence-corrected chi connectivity index (χ3v) is 3.95. The number of allylic oxidation sites excluding steroid dienone is 3. The number of nitrogens with two attached hydrogens (primary N) is 2. The maximum absolute atomic E-state index is 9.70. The Balaban J connectivity index is 3.40. The molecule has 0 saturated heterocycles. The number of aliphatic hydroxyl groups is 1. The quantitative estimate of drug-likeness (QED) is 0.267. The lowest BCUT2D eigenvalue weighted by Crippen LogP contribution is -2.32. The summed E-state index contributed by atoms with van der Waals surface area (Å²) in [5.74, 6) is 8.16. The van der Waals surface area contributed by atoms with Gasteiger partial charge >= 0.3 is 0 Å². The fraction of sp³-hybridized carbons (Fsp3) is 0.368. The van der Waals surface area contributed by atoms with Crippen LogP contribution < -0.4 is 30.8 Å². The van der Waals surface area contributed by atoms with Gasteiger partial charge in [0.1, 0.15) is 11.4 Å². The summed E-state index contributed by atoms with van der Waals surface area (Å²) < 4.78 is 16.2. The number of hydrogen-bond acceptors (Lipinski definition) is 7. The van der Waals surface area contributed by atoms with E-state index in [9.17, 15) is 5.11 Å². The number of benzene rings is 1. The molecule has 0 bridgehead atoms. The van der Waals surface area contributed by atoms with Crippen molar-refractivity contribution in [2.45, 2.75) is 26.7 Å². The maximum atomic E-state index is 9.70. The number of hydrazine groups is 1. The van der Waals surface area contributed by atoms with Crippen molar-refractivity contribution in [1.29, 1.82) is 0 Å². The predicted molar refractivity (Wildman–Crippen MR) is 104 cm³/mol. The number of aliphatic hydroxyl groups excluding tert-OH is 1. The highest BCUT2D eigenvalue weighted by molar-refractivity contribution is 5.70. The molecule has 1 aromatic rings. The summed E-state index contributed by atoms with van der Waals surface area (Å²) in [4.78, 5) is 0. The van der Waals surface area contributed by atoms with Gasteiger partial charge in [0.15, 0.2) is 11.5 Å². The van der Waals surface area contributed by atoms with Gasteiger partial charge in [-0.2, -0.15) is 0 Å². The molecule has 0 saturated carbocycles. The molecule has 7 heteroatoms. The van der Waals surface area contributed by atoms with Crippen LogP contribution in [0.4, 0.5) is 5.69 Å². The molecule has 0 unspecified atom stereocenters. The Kier molecular flexibility index (Phi) is 8.37. The van der Waals surface area contributed by atoms with E-state index in [1.54, 1.807) is 39.4 Å². The van der Waals surface area contributed by atoms with E-state index in [2.05, 4.69) is 0 Å². The molecule has 0 radical (unpaired) electrons. The van der Waals surface area contributed by atoms with Crippen LogP contribution in [0.5, 0.6) is 17.2 Å². The molecule has 0 atom stereocenters. The highest BCUT2D eigenvalue weighted by Gasteiger charge is 2.20. The Bertz CT molecular complexity index is 696. The van der Waals surface area contributed by atoms with Crippen LogP contribution in [-0.2, 0) is 0 Å². The van der Waals surface area contributed by atoms with E-state index in [0.29, 0.717) is 41.5 Å². The number of ether oxygens (including phenoxy) is 3. The summed E-state index contributed by atoms with van der Waals surface area (Å²) in [7, 11) is 4.63. The summed E-state index contributed by atoms with van der Waals surface area (Å²) in [5, 5.41) is 11.1. The summed E-state index contributed by atoms with van der Waals surface area (Å²) in [6.45, 7) is 3.76. The summed E-state index contributed by atoms with van der Waals surface area (Å²) >= 11 is 0. The summed E-state index contributed by atoms with van der Waals surface area (Å²) in [6.07, 6.45) is 6.03. The van der Waals surface area contributed by atoms with Crippen LogP contribution in [0.15, 0.2) is 47.5 Å². The van der Waals surface area contributed by atoms with Crippen molar-refractivity contribution in [1.82, 2.24) is 0 Å². The third-order valence-electron chi connectivity index (χ3n) is 3.95. The lowest BCUT2D eigenvalue weighted by atomic mass is 10.1. The average molecular weight is 363 g/mol. The largest absolute Gasteiger partial charge is 0.512 e. The molecule has 5 N–H and O–H groups in total. The summed E-state index contributed by atoms with van der Waals surface area (Å²) in [5.41, 5.74) is 7.86. The van der Waals surface area contributed by atoms with Crippen molar-refractivity contribution >= 4 is 5.69 Å². The smallest absolute Gasteiger partial charge is 0.186 e. The van der Waals surface area contributed by atoms with E-state index in [0.717, 1.165) is 5.57 Å². The molecule has 26 heavy (non-hydrogen) atoms. The molecule has 1 rings (SSSR count). The second-order valence-corrected chi connectivity index (χ2v) is 5.37. The molecular weight excluding hydrogens is 334 g/mol. The molecule has 0 amide bonds. The summed E-state index contributed by atoms with van der Waals surface area (Å²) in [6, 6.07) is 3.45. The number of rotatable bonds is 9. The number of hydrogen-bond donors (Lipinski definition) is 3. The average Bonchev–Trinajstić information content (AvgIpc) is 2.68. The lowest BCUT2D eigenvalue weighted by molar-refractivity contribution is 0.349. The van der Waals surface area contributed by atoms with Gasteiger partial charge in [-0.15, -0.1) is 0 Å². The zero-order valence-electron chi connectivity index (χ0n) is 16.1. The SMILES string of the molecule is C/C=C(/O)C/C=C(CC)/C(=C/N)N(N)c1cc(OC)cc(OC)c1OC. The fourth-order valence-electron chi connectivity index (χ4n) is 2.46. The Hall–Kier alpha value is -2.80. The monoisotopic (exact) mass is 363 g/mol. The van der Waals surface area contributed by atoms with Crippen LogP contribution >= 0.6 is 0 Å². The van der Waals surface area contributed by atoms with E-state index in [4.69, 9.17) is 25.8 Å². The van der Waals surface area contributed by atoms with Gasteiger partial charge in [-0.3, -0.25) is 5.01 Å². The molecule has 0 aromatic heterocycles. The number of nitrogens with zero attached hydrogens (tertiary/aromatic N) is 1. The fourth-order valence-corrected chi connectivity index (χ4v) is 2.46. The Morgan fingerprint density at radius 2 is 1.88 bits per heavy atom. The minimum absolute atomic E-state index is 0.275. The minimum atomic E-state index is 0.275. The Labute approximate surface area is 155 Å². The zero-order valence-corrected chi connectivity index (χ0v) is 16.1. The van der Waals surface area contributed by atoms with E-state index in [-0.39, 0.29) is 5.76 Å². The van der Waals surface area contributed by atoms with Crippen LogP contribution in [0.3, 0.4) is 0 Å². The van der Waals surface area contributed by atoms with E-state index in [1.165, 1.54) is 18.3 Å². The molecule has 0 heterocycles. The normalized spacial score (nSPS) is 12.8. The van der Waals surface area contributed by atoms with Gasteiger partial charge in [0.2, 0.25) is 0 Å².